The zero-order valence-corrected chi connectivity index (χ0v) is 7.18. The molecule has 0 bridgehead atoms. The van der Waals surface area contributed by atoms with Crippen molar-refractivity contribution in [3.63, 3.8) is 0 Å². The van der Waals surface area contributed by atoms with Gasteiger partial charge in [0.05, 0.1) is 12.2 Å². The summed E-state index contributed by atoms with van der Waals surface area (Å²) in [6.45, 7) is 6.19. The Balaban J connectivity index is 2.05. The largest absolute Gasteiger partial charge is 0.370 e. The molecule has 2 rings (SSSR count). The Morgan fingerprint density at radius 1 is 1.55 bits per heavy atom. The van der Waals surface area contributed by atoms with Crippen LogP contribution in [0.4, 0.5) is 0 Å². The van der Waals surface area contributed by atoms with Gasteiger partial charge in [0.1, 0.15) is 0 Å². The van der Waals surface area contributed by atoms with Gasteiger partial charge in [0.15, 0.2) is 0 Å². The van der Waals surface area contributed by atoms with Crippen LogP contribution in [0.5, 0.6) is 0 Å². The van der Waals surface area contributed by atoms with Crippen molar-refractivity contribution in [1.29, 1.82) is 0 Å². The van der Waals surface area contributed by atoms with Crippen LogP contribution in [0, 0.1) is 5.41 Å². The van der Waals surface area contributed by atoms with Crippen molar-refractivity contribution in [3.8, 4) is 0 Å². The standard InChI is InChI=1S/C10H16O/c1-3-10(2)6-4-5-8-9(7-10)11-8/h3,8-9H,1,4-7H2,2H3. The van der Waals surface area contributed by atoms with Gasteiger partial charge in [-0.1, -0.05) is 13.0 Å². The van der Waals surface area contributed by atoms with E-state index in [0.717, 1.165) is 0 Å². The summed E-state index contributed by atoms with van der Waals surface area (Å²) in [5, 5.41) is 0. The Labute approximate surface area is 68.4 Å². The number of ether oxygens (including phenoxy) is 1. The van der Waals surface area contributed by atoms with E-state index in [4.69, 9.17) is 4.74 Å². The van der Waals surface area contributed by atoms with Crippen molar-refractivity contribution in [1.82, 2.24) is 0 Å². The monoisotopic (exact) mass is 152 g/mol. The van der Waals surface area contributed by atoms with Crippen LogP contribution in [0.15, 0.2) is 12.7 Å². The van der Waals surface area contributed by atoms with Crippen LogP contribution < -0.4 is 0 Å². The molecule has 1 nitrogen and oxygen atoms in total. The average Bonchev–Trinajstić information content (AvgIpc) is 2.66. The van der Waals surface area contributed by atoms with Crippen LogP contribution in [0.25, 0.3) is 0 Å². The molecule has 0 amide bonds. The van der Waals surface area contributed by atoms with Gasteiger partial charge in [0.2, 0.25) is 0 Å². The number of rotatable bonds is 1. The second-order valence-electron chi connectivity index (χ2n) is 4.17. The van der Waals surface area contributed by atoms with E-state index in [-0.39, 0.29) is 0 Å². The predicted molar refractivity (Wildman–Crippen MR) is 45.4 cm³/mol. The second kappa shape index (κ2) is 2.34. The summed E-state index contributed by atoms with van der Waals surface area (Å²) in [5.41, 5.74) is 0.357. The van der Waals surface area contributed by atoms with E-state index in [1.165, 1.54) is 25.7 Å². The zero-order chi connectivity index (χ0) is 7.90. The van der Waals surface area contributed by atoms with Gasteiger partial charge in [-0.2, -0.15) is 0 Å². The Bertz CT molecular complexity index is 176. The Morgan fingerprint density at radius 2 is 2.36 bits per heavy atom. The molecule has 1 aliphatic heterocycles. The highest BCUT2D eigenvalue weighted by Gasteiger charge is 2.44. The molecule has 0 aromatic rings. The molecule has 1 heterocycles. The molecular formula is C10H16O. The van der Waals surface area contributed by atoms with E-state index in [0.29, 0.717) is 17.6 Å². The van der Waals surface area contributed by atoms with Crippen LogP contribution in [-0.2, 0) is 4.74 Å². The van der Waals surface area contributed by atoms with Crippen molar-refractivity contribution in [2.45, 2.75) is 44.8 Å². The third-order valence-electron chi connectivity index (χ3n) is 3.08. The Hall–Kier alpha value is -0.300. The molecule has 0 aromatic carbocycles. The molecule has 0 spiro atoms. The summed E-state index contributed by atoms with van der Waals surface area (Å²) >= 11 is 0. The van der Waals surface area contributed by atoms with Crippen molar-refractivity contribution >= 4 is 0 Å². The molecular weight excluding hydrogens is 136 g/mol. The van der Waals surface area contributed by atoms with Gasteiger partial charge in [0, 0.05) is 0 Å². The number of hydrogen-bond acceptors (Lipinski definition) is 1. The zero-order valence-electron chi connectivity index (χ0n) is 7.18. The highest BCUT2D eigenvalue weighted by Crippen LogP contribution is 2.44. The van der Waals surface area contributed by atoms with Gasteiger partial charge in [-0.3, -0.25) is 0 Å². The van der Waals surface area contributed by atoms with Gasteiger partial charge in [0.25, 0.3) is 0 Å². The van der Waals surface area contributed by atoms with Crippen molar-refractivity contribution in [2.24, 2.45) is 5.41 Å². The fourth-order valence-electron chi connectivity index (χ4n) is 2.07. The SMILES string of the molecule is C=CC1(C)CCCC2OC2C1. The molecule has 0 aromatic heterocycles. The summed E-state index contributed by atoms with van der Waals surface area (Å²) in [7, 11) is 0. The minimum absolute atomic E-state index is 0.357. The second-order valence-corrected chi connectivity index (χ2v) is 4.17. The summed E-state index contributed by atoms with van der Waals surface area (Å²) in [6.07, 6.45) is 8.36. The van der Waals surface area contributed by atoms with Crippen LogP contribution >= 0.6 is 0 Å². The summed E-state index contributed by atoms with van der Waals surface area (Å²) in [4.78, 5) is 0. The van der Waals surface area contributed by atoms with Gasteiger partial charge in [-0.05, 0) is 31.1 Å². The van der Waals surface area contributed by atoms with Crippen LogP contribution in [0.3, 0.4) is 0 Å². The minimum atomic E-state index is 0.357. The molecule has 1 aliphatic carbocycles. The fraction of sp³-hybridized carbons (Fsp3) is 0.800. The van der Waals surface area contributed by atoms with Crippen molar-refractivity contribution in [2.75, 3.05) is 0 Å². The van der Waals surface area contributed by atoms with Crippen molar-refractivity contribution < 1.29 is 4.74 Å². The van der Waals surface area contributed by atoms with Crippen LogP contribution in [0.2, 0.25) is 0 Å². The maximum absolute atomic E-state index is 5.51. The van der Waals surface area contributed by atoms with E-state index in [1.54, 1.807) is 0 Å². The third kappa shape index (κ3) is 1.34. The molecule has 62 valence electrons. The third-order valence-corrected chi connectivity index (χ3v) is 3.08. The molecule has 1 heteroatoms. The van der Waals surface area contributed by atoms with E-state index < -0.39 is 0 Å². The Kier molecular flexibility index (Phi) is 1.57. The smallest absolute Gasteiger partial charge is 0.0850 e. The molecule has 0 radical (unpaired) electrons. The summed E-state index contributed by atoms with van der Waals surface area (Å²) in [5.74, 6) is 0. The first kappa shape index (κ1) is 7.35. The summed E-state index contributed by atoms with van der Waals surface area (Å²) in [6, 6.07) is 0. The van der Waals surface area contributed by atoms with Crippen LogP contribution in [-0.4, -0.2) is 12.2 Å². The molecule has 1 saturated carbocycles. The first-order valence-corrected chi connectivity index (χ1v) is 4.53. The molecule has 0 N–H and O–H groups in total. The Morgan fingerprint density at radius 3 is 3.09 bits per heavy atom. The lowest BCUT2D eigenvalue weighted by molar-refractivity contribution is 0.263. The average molecular weight is 152 g/mol. The number of epoxide rings is 1. The van der Waals surface area contributed by atoms with Crippen molar-refractivity contribution in [3.05, 3.63) is 12.7 Å². The molecule has 11 heavy (non-hydrogen) atoms. The molecule has 3 unspecified atom stereocenters. The highest BCUT2D eigenvalue weighted by molar-refractivity contribution is 5.01. The molecule has 2 fully saturated rings. The lowest BCUT2D eigenvalue weighted by atomic mass is 9.83. The molecule has 2 aliphatic rings. The lowest BCUT2D eigenvalue weighted by Gasteiger charge is -2.23. The van der Waals surface area contributed by atoms with Gasteiger partial charge < -0.3 is 4.74 Å². The quantitative estimate of drug-likeness (QED) is 0.415. The maximum Gasteiger partial charge on any atom is 0.0850 e. The van der Waals surface area contributed by atoms with Gasteiger partial charge in [-0.15, -0.1) is 6.58 Å². The highest BCUT2D eigenvalue weighted by atomic mass is 16.6. The topological polar surface area (TPSA) is 12.5 Å². The molecule has 3 atom stereocenters. The maximum atomic E-state index is 5.51. The van der Waals surface area contributed by atoms with Gasteiger partial charge >= 0.3 is 0 Å². The van der Waals surface area contributed by atoms with E-state index >= 15 is 0 Å². The lowest BCUT2D eigenvalue weighted by Crippen LogP contribution is -2.14. The number of fused-ring (bicyclic) bond motifs is 1. The van der Waals surface area contributed by atoms with Gasteiger partial charge in [-0.25, -0.2) is 0 Å². The normalized spacial score (nSPS) is 49.2. The first-order valence-electron chi connectivity index (χ1n) is 4.53. The van der Waals surface area contributed by atoms with E-state index in [1.807, 2.05) is 0 Å². The first-order chi connectivity index (χ1) is 5.23. The van der Waals surface area contributed by atoms with Crippen LogP contribution in [0.1, 0.15) is 32.6 Å². The fourth-order valence-corrected chi connectivity index (χ4v) is 2.07. The van der Waals surface area contributed by atoms with E-state index in [2.05, 4.69) is 19.6 Å². The number of hydrogen-bond donors (Lipinski definition) is 0. The minimum Gasteiger partial charge on any atom is -0.370 e. The number of allylic oxidation sites excluding steroid dienone is 1. The van der Waals surface area contributed by atoms with E-state index in [9.17, 15) is 0 Å². The summed E-state index contributed by atoms with van der Waals surface area (Å²) < 4.78 is 5.51. The molecule has 1 saturated heterocycles. The predicted octanol–water partition coefficient (Wildman–Crippen LogP) is 2.52.